The van der Waals surface area contributed by atoms with Gasteiger partial charge in [-0.1, -0.05) is 18.2 Å². The molecule has 1 aliphatic rings. The average molecular weight is 251 g/mol. The summed E-state index contributed by atoms with van der Waals surface area (Å²) in [4.78, 5) is 22.3. The van der Waals surface area contributed by atoms with E-state index in [1.165, 1.54) is 13.2 Å². The minimum absolute atomic E-state index is 0.463. The van der Waals surface area contributed by atoms with Gasteiger partial charge in [0.1, 0.15) is 6.04 Å². The fraction of sp³-hybridized carbons (Fsp3) is 0.385. The third kappa shape index (κ3) is 4.08. The summed E-state index contributed by atoms with van der Waals surface area (Å²) in [5, 5.41) is 12.0. The predicted octanol–water partition coefficient (Wildman–Crippen LogP) is 1.38. The van der Waals surface area contributed by atoms with Crippen molar-refractivity contribution in [2.75, 3.05) is 7.11 Å². The minimum Gasteiger partial charge on any atom is -0.479 e. The van der Waals surface area contributed by atoms with E-state index >= 15 is 0 Å². The molecule has 0 amide bonds. The standard InChI is InChI=1S/C13H17NO4/c1-9(8-11(15)18-2)14-12(13(16)17)10-6-4-3-5-7-10/h3-4,7-8,12,14H,5-6H2,1-2H3,(H,16,17)/t12-/m1/s1. The first-order chi connectivity index (χ1) is 8.54. The first-order valence-electron chi connectivity index (χ1n) is 5.64. The van der Waals surface area contributed by atoms with Gasteiger partial charge in [-0.15, -0.1) is 0 Å². The molecule has 0 saturated carbocycles. The van der Waals surface area contributed by atoms with Crippen LogP contribution in [0, 0.1) is 0 Å². The Kier molecular flexibility index (Phi) is 5.17. The number of carbonyl (C=O) groups excluding carboxylic acids is 1. The van der Waals surface area contributed by atoms with Gasteiger partial charge in [0.2, 0.25) is 0 Å². The summed E-state index contributed by atoms with van der Waals surface area (Å²) in [7, 11) is 1.27. The van der Waals surface area contributed by atoms with Crippen molar-refractivity contribution in [2.45, 2.75) is 25.8 Å². The van der Waals surface area contributed by atoms with E-state index in [2.05, 4.69) is 10.1 Å². The summed E-state index contributed by atoms with van der Waals surface area (Å²) in [6.45, 7) is 1.63. The van der Waals surface area contributed by atoms with Gasteiger partial charge in [0.05, 0.1) is 7.11 Å². The third-order valence-electron chi connectivity index (χ3n) is 2.56. The number of rotatable bonds is 5. The molecule has 2 N–H and O–H groups in total. The molecule has 0 radical (unpaired) electrons. The van der Waals surface area contributed by atoms with Gasteiger partial charge >= 0.3 is 11.9 Å². The number of hydrogen-bond acceptors (Lipinski definition) is 4. The molecule has 1 atom stereocenters. The second kappa shape index (κ2) is 6.64. The summed E-state index contributed by atoms with van der Waals surface area (Å²) in [5.74, 6) is -1.48. The molecule has 0 unspecified atom stereocenters. The van der Waals surface area contributed by atoms with Crippen molar-refractivity contribution in [1.29, 1.82) is 0 Å². The Morgan fingerprint density at radius 3 is 2.72 bits per heavy atom. The molecule has 5 nitrogen and oxygen atoms in total. The van der Waals surface area contributed by atoms with Crippen molar-refractivity contribution in [2.24, 2.45) is 0 Å². The lowest BCUT2D eigenvalue weighted by Gasteiger charge is -2.20. The molecule has 5 heteroatoms. The molecule has 0 saturated heterocycles. The number of methoxy groups -OCH3 is 1. The van der Waals surface area contributed by atoms with Gasteiger partial charge in [-0.05, 0) is 25.3 Å². The van der Waals surface area contributed by atoms with Gasteiger partial charge in [0.15, 0.2) is 0 Å². The van der Waals surface area contributed by atoms with Crippen molar-refractivity contribution in [3.8, 4) is 0 Å². The highest BCUT2D eigenvalue weighted by atomic mass is 16.5. The van der Waals surface area contributed by atoms with Gasteiger partial charge < -0.3 is 15.2 Å². The number of ether oxygens (including phenoxy) is 1. The van der Waals surface area contributed by atoms with Crippen LogP contribution in [-0.4, -0.2) is 30.2 Å². The van der Waals surface area contributed by atoms with Crippen LogP contribution in [0.15, 0.2) is 35.6 Å². The third-order valence-corrected chi connectivity index (χ3v) is 2.56. The maximum atomic E-state index is 11.2. The zero-order chi connectivity index (χ0) is 13.5. The molecule has 0 aromatic rings. The quantitative estimate of drug-likeness (QED) is 0.438. The van der Waals surface area contributed by atoms with Gasteiger partial charge in [-0.25, -0.2) is 9.59 Å². The number of aliphatic carboxylic acids is 1. The fourth-order valence-corrected chi connectivity index (χ4v) is 1.67. The van der Waals surface area contributed by atoms with E-state index in [4.69, 9.17) is 0 Å². The Morgan fingerprint density at radius 2 is 2.22 bits per heavy atom. The molecule has 0 fully saturated rings. The van der Waals surface area contributed by atoms with Gasteiger partial charge in [-0.3, -0.25) is 0 Å². The maximum Gasteiger partial charge on any atom is 0.332 e. The lowest BCUT2D eigenvalue weighted by atomic mass is 9.98. The van der Waals surface area contributed by atoms with Crippen LogP contribution in [0.3, 0.4) is 0 Å². The van der Waals surface area contributed by atoms with Gasteiger partial charge in [-0.2, -0.15) is 0 Å². The molecule has 0 aromatic carbocycles. The number of nitrogens with one attached hydrogen (secondary N) is 1. The highest BCUT2D eigenvalue weighted by molar-refractivity contribution is 5.83. The summed E-state index contributed by atoms with van der Waals surface area (Å²) in [5.41, 5.74) is 1.26. The van der Waals surface area contributed by atoms with E-state index in [9.17, 15) is 14.7 Å². The Morgan fingerprint density at radius 1 is 1.50 bits per heavy atom. The predicted molar refractivity (Wildman–Crippen MR) is 66.8 cm³/mol. The zero-order valence-corrected chi connectivity index (χ0v) is 10.5. The van der Waals surface area contributed by atoms with Crippen molar-refractivity contribution in [1.82, 2.24) is 5.32 Å². The van der Waals surface area contributed by atoms with Crippen LogP contribution in [0.25, 0.3) is 0 Å². The monoisotopic (exact) mass is 251 g/mol. The highest BCUT2D eigenvalue weighted by Gasteiger charge is 2.22. The largest absolute Gasteiger partial charge is 0.479 e. The first kappa shape index (κ1) is 14.0. The van der Waals surface area contributed by atoms with Crippen LogP contribution in [0.5, 0.6) is 0 Å². The van der Waals surface area contributed by atoms with Crippen molar-refractivity contribution in [3.05, 3.63) is 35.6 Å². The molecule has 18 heavy (non-hydrogen) atoms. The Hall–Kier alpha value is -2.04. The zero-order valence-electron chi connectivity index (χ0n) is 10.5. The average Bonchev–Trinajstić information content (AvgIpc) is 2.36. The molecule has 0 bridgehead atoms. The van der Waals surface area contributed by atoms with E-state index in [1.54, 1.807) is 6.92 Å². The smallest absolute Gasteiger partial charge is 0.332 e. The number of carboxylic acid groups (broad SMARTS) is 1. The van der Waals surface area contributed by atoms with Crippen LogP contribution in [0.1, 0.15) is 19.8 Å². The summed E-state index contributed by atoms with van der Waals surface area (Å²) in [6.07, 6.45) is 8.38. The number of allylic oxidation sites excluding steroid dienone is 4. The topological polar surface area (TPSA) is 75.6 Å². The lowest BCUT2D eigenvalue weighted by molar-refractivity contribution is -0.138. The highest BCUT2D eigenvalue weighted by Crippen LogP contribution is 2.16. The van der Waals surface area contributed by atoms with Crippen molar-refractivity contribution < 1.29 is 19.4 Å². The molecule has 0 aromatic heterocycles. The molecule has 98 valence electrons. The van der Waals surface area contributed by atoms with Crippen LogP contribution in [0.4, 0.5) is 0 Å². The van der Waals surface area contributed by atoms with Gasteiger partial charge in [0.25, 0.3) is 0 Å². The number of carboxylic acids is 1. The van der Waals surface area contributed by atoms with Crippen molar-refractivity contribution >= 4 is 11.9 Å². The van der Waals surface area contributed by atoms with E-state index in [0.717, 1.165) is 12.0 Å². The lowest BCUT2D eigenvalue weighted by Crippen LogP contribution is -2.37. The van der Waals surface area contributed by atoms with Crippen molar-refractivity contribution in [3.63, 3.8) is 0 Å². The van der Waals surface area contributed by atoms with Gasteiger partial charge in [0, 0.05) is 11.8 Å². The van der Waals surface area contributed by atoms with E-state index in [0.29, 0.717) is 12.1 Å². The molecule has 1 aliphatic carbocycles. The SMILES string of the molecule is COC(=O)C=C(C)N[C@@H](C(=O)O)C1=CCC=CC1. The fourth-order valence-electron chi connectivity index (χ4n) is 1.67. The Labute approximate surface area is 106 Å². The number of carbonyl (C=O) groups is 2. The Bertz CT molecular complexity index is 421. The van der Waals surface area contributed by atoms with Crippen LogP contribution < -0.4 is 5.32 Å². The summed E-state index contributed by atoms with van der Waals surface area (Å²) < 4.78 is 4.48. The van der Waals surface area contributed by atoms with E-state index < -0.39 is 18.0 Å². The molecule has 0 heterocycles. The normalized spacial score (nSPS) is 16.8. The maximum absolute atomic E-state index is 11.2. The molecule has 0 spiro atoms. The summed E-state index contributed by atoms with van der Waals surface area (Å²) in [6, 6.07) is -0.809. The van der Waals surface area contributed by atoms with E-state index in [1.807, 2.05) is 18.2 Å². The second-order valence-electron chi connectivity index (χ2n) is 3.96. The molecule has 1 rings (SSSR count). The first-order valence-corrected chi connectivity index (χ1v) is 5.64. The molecule has 0 aliphatic heterocycles. The van der Waals surface area contributed by atoms with Crippen LogP contribution in [-0.2, 0) is 14.3 Å². The minimum atomic E-state index is -0.964. The van der Waals surface area contributed by atoms with Crippen LogP contribution in [0.2, 0.25) is 0 Å². The summed E-state index contributed by atoms with van der Waals surface area (Å²) >= 11 is 0. The number of esters is 1. The second-order valence-corrected chi connectivity index (χ2v) is 3.96. The van der Waals surface area contributed by atoms with E-state index in [-0.39, 0.29) is 0 Å². The molecular weight excluding hydrogens is 234 g/mol. The number of hydrogen-bond donors (Lipinski definition) is 2. The van der Waals surface area contributed by atoms with Crippen LogP contribution >= 0.6 is 0 Å². The Balaban J connectivity index is 2.75. The molecular formula is C13H17NO4.